The molecule has 0 aromatic heterocycles. The molecule has 11 heavy (non-hydrogen) atoms. The Balaban J connectivity index is 2.22. The van der Waals surface area contributed by atoms with E-state index in [1.165, 1.54) is 0 Å². The molecule has 62 valence electrons. The molecule has 4 heteroatoms. The predicted octanol–water partition coefficient (Wildman–Crippen LogP) is 1.52. The van der Waals surface area contributed by atoms with Gasteiger partial charge in [-0.15, -0.1) is 23.5 Å². The maximum absolute atomic E-state index is 11.1. The monoisotopic (exact) mass is 190 g/mol. The second-order valence-electron chi connectivity index (χ2n) is 1.99. The van der Waals surface area contributed by atoms with E-state index in [1.54, 1.807) is 29.6 Å². The van der Waals surface area contributed by atoms with Gasteiger partial charge in [-0.2, -0.15) is 0 Å². The molecule has 0 aliphatic carbocycles. The second-order valence-corrected chi connectivity index (χ2v) is 4.72. The molecule has 1 aliphatic heterocycles. The summed E-state index contributed by atoms with van der Waals surface area (Å²) < 4.78 is 4.89. The highest BCUT2D eigenvalue weighted by atomic mass is 32.2. The standard InChI is InChI=1S/C7H10O2S2/c1-2-3-9-6(8)7-10-4-5-11-7/h2,7H,1,3-5H2. The first-order valence-electron chi connectivity index (χ1n) is 3.35. The van der Waals surface area contributed by atoms with Gasteiger partial charge in [-0.1, -0.05) is 12.7 Å². The van der Waals surface area contributed by atoms with Crippen LogP contribution in [0.3, 0.4) is 0 Å². The van der Waals surface area contributed by atoms with Gasteiger partial charge in [0.15, 0.2) is 0 Å². The highest BCUT2D eigenvalue weighted by Crippen LogP contribution is 2.32. The molecule has 1 heterocycles. The second kappa shape index (κ2) is 4.72. The molecule has 0 spiro atoms. The van der Waals surface area contributed by atoms with E-state index < -0.39 is 0 Å². The summed E-state index contributed by atoms with van der Waals surface area (Å²) in [6.45, 7) is 3.80. The third kappa shape index (κ3) is 2.79. The van der Waals surface area contributed by atoms with Crippen LogP contribution in [0.2, 0.25) is 0 Å². The third-order valence-corrected chi connectivity index (χ3v) is 4.10. The molecule has 0 aromatic rings. The van der Waals surface area contributed by atoms with Crippen LogP contribution in [-0.4, -0.2) is 28.7 Å². The van der Waals surface area contributed by atoms with Crippen molar-refractivity contribution < 1.29 is 9.53 Å². The molecular formula is C7H10O2S2. The van der Waals surface area contributed by atoms with Crippen LogP contribution in [0, 0.1) is 0 Å². The number of carbonyl (C=O) groups excluding carboxylic acids is 1. The van der Waals surface area contributed by atoms with E-state index >= 15 is 0 Å². The zero-order valence-electron chi connectivity index (χ0n) is 6.12. The molecule has 0 aromatic carbocycles. The van der Waals surface area contributed by atoms with Crippen molar-refractivity contribution in [3.8, 4) is 0 Å². The Labute approximate surface area is 74.8 Å². The highest BCUT2D eigenvalue weighted by molar-refractivity contribution is 8.21. The first-order valence-corrected chi connectivity index (χ1v) is 5.45. The van der Waals surface area contributed by atoms with Gasteiger partial charge in [0.05, 0.1) is 0 Å². The van der Waals surface area contributed by atoms with Crippen molar-refractivity contribution in [2.45, 2.75) is 4.58 Å². The SMILES string of the molecule is C=CCOC(=O)C1SCCS1. The topological polar surface area (TPSA) is 26.3 Å². The van der Waals surface area contributed by atoms with Crippen LogP contribution >= 0.6 is 23.5 Å². The van der Waals surface area contributed by atoms with Crippen LogP contribution in [0.15, 0.2) is 12.7 Å². The molecule has 1 saturated heterocycles. The largest absolute Gasteiger partial charge is 0.460 e. The fourth-order valence-corrected chi connectivity index (χ4v) is 3.27. The zero-order chi connectivity index (χ0) is 8.10. The summed E-state index contributed by atoms with van der Waals surface area (Å²) in [7, 11) is 0. The first kappa shape index (κ1) is 9.00. The molecule has 0 N–H and O–H groups in total. The fraction of sp³-hybridized carbons (Fsp3) is 0.571. The predicted molar refractivity (Wildman–Crippen MR) is 49.9 cm³/mol. The van der Waals surface area contributed by atoms with E-state index in [1.807, 2.05) is 0 Å². The van der Waals surface area contributed by atoms with Gasteiger partial charge >= 0.3 is 5.97 Å². The summed E-state index contributed by atoms with van der Waals surface area (Å²) in [6, 6.07) is 0. The number of hydrogen-bond donors (Lipinski definition) is 0. The molecule has 2 nitrogen and oxygen atoms in total. The molecule has 0 bridgehead atoms. The summed E-state index contributed by atoms with van der Waals surface area (Å²) in [5.41, 5.74) is 0. The molecule has 1 rings (SSSR count). The van der Waals surface area contributed by atoms with Gasteiger partial charge in [0.1, 0.15) is 11.2 Å². The molecule has 0 atom stereocenters. The summed E-state index contributed by atoms with van der Waals surface area (Å²) >= 11 is 3.31. The van der Waals surface area contributed by atoms with Crippen LogP contribution < -0.4 is 0 Å². The Bertz CT molecular complexity index is 153. The van der Waals surface area contributed by atoms with Crippen LogP contribution in [-0.2, 0) is 9.53 Å². The van der Waals surface area contributed by atoms with Crippen LogP contribution in [0.4, 0.5) is 0 Å². The lowest BCUT2D eigenvalue weighted by Gasteiger charge is -2.05. The highest BCUT2D eigenvalue weighted by Gasteiger charge is 2.24. The van der Waals surface area contributed by atoms with Gasteiger partial charge in [0, 0.05) is 11.5 Å². The zero-order valence-corrected chi connectivity index (χ0v) is 7.75. The number of esters is 1. The normalized spacial score (nSPS) is 18.2. The van der Waals surface area contributed by atoms with E-state index in [0.717, 1.165) is 11.5 Å². The van der Waals surface area contributed by atoms with E-state index in [2.05, 4.69) is 6.58 Å². The van der Waals surface area contributed by atoms with Crippen molar-refractivity contribution in [2.75, 3.05) is 18.1 Å². The molecule has 1 fully saturated rings. The lowest BCUT2D eigenvalue weighted by Crippen LogP contribution is -2.14. The number of ether oxygens (including phenoxy) is 1. The van der Waals surface area contributed by atoms with Crippen molar-refractivity contribution >= 4 is 29.5 Å². The van der Waals surface area contributed by atoms with E-state index in [9.17, 15) is 4.79 Å². The first-order chi connectivity index (χ1) is 5.34. The summed E-state index contributed by atoms with van der Waals surface area (Å²) in [5, 5.41) is 0. The van der Waals surface area contributed by atoms with Crippen LogP contribution in [0.1, 0.15) is 0 Å². The maximum atomic E-state index is 11.1. The number of carbonyl (C=O) groups is 1. The number of rotatable bonds is 3. The van der Waals surface area contributed by atoms with Gasteiger partial charge in [0.25, 0.3) is 0 Å². The van der Waals surface area contributed by atoms with Crippen molar-refractivity contribution in [3.63, 3.8) is 0 Å². The summed E-state index contributed by atoms with van der Waals surface area (Å²) in [5.74, 6) is 1.99. The van der Waals surface area contributed by atoms with E-state index in [-0.39, 0.29) is 10.6 Å². The fourth-order valence-electron chi connectivity index (χ4n) is 0.704. The minimum Gasteiger partial charge on any atom is -0.460 e. The molecule has 1 aliphatic rings. The Hall–Kier alpha value is -0.0900. The Kier molecular flexibility index (Phi) is 3.86. The van der Waals surface area contributed by atoms with Crippen molar-refractivity contribution in [1.29, 1.82) is 0 Å². The van der Waals surface area contributed by atoms with Gasteiger partial charge in [-0.25, -0.2) is 4.79 Å². The lowest BCUT2D eigenvalue weighted by atomic mass is 10.7. The van der Waals surface area contributed by atoms with Crippen molar-refractivity contribution in [3.05, 3.63) is 12.7 Å². The Morgan fingerprint density at radius 1 is 1.64 bits per heavy atom. The number of thioether (sulfide) groups is 2. The van der Waals surface area contributed by atoms with Crippen LogP contribution in [0.25, 0.3) is 0 Å². The molecule has 0 amide bonds. The minimum atomic E-state index is -0.114. The van der Waals surface area contributed by atoms with Gasteiger partial charge in [0.2, 0.25) is 0 Å². The average molecular weight is 190 g/mol. The van der Waals surface area contributed by atoms with Crippen molar-refractivity contribution in [2.24, 2.45) is 0 Å². The van der Waals surface area contributed by atoms with E-state index in [4.69, 9.17) is 4.74 Å². The Morgan fingerprint density at radius 3 is 2.82 bits per heavy atom. The van der Waals surface area contributed by atoms with Gasteiger partial charge in [-0.05, 0) is 0 Å². The third-order valence-electron chi connectivity index (χ3n) is 1.16. The maximum Gasteiger partial charge on any atom is 0.329 e. The summed E-state index contributed by atoms with van der Waals surface area (Å²) in [4.78, 5) is 11.1. The van der Waals surface area contributed by atoms with E-state index in [0.29, 0.717) is 6.61 Å². The smallest absolute Gasteiger partial charge is 0.329 e. The lowest BCUT2D eigenvalue weighted by molar-refractivity contribution is -0.139. The van der Waals surface area contributed by atoms with Crippen LogP contribution in [0.5, 0.6) is 0 Å². The Morgan fingerprint density at radius 2 is 2.27 bits per heavy atom. The van der Waals surface area contributed by atoms with Gasteiger partial charge in [-0.3, -0.25) is 0 Å². The van der Waals surface area contributed by atoms with Crippen molar-refractivity contribution in [1.82, 2.24) is 0 Å². The average Bonchev–Trinajstić information content (AvgIpc) is 2.52. The quantitative estimate of drug-likeness (QED) is 0.498. The molecule has 0 radical (unpaired) electrons. The molecule has 0 unspecified atom stereocenters. The molecular weight excluding hydrogens is 180 g/mol. The number of hydrogen-bond acceptors (Lipinski definition) is 4. The molecule has 0 saturated carbocycles. The minimum absolute atomic E-state index is 0.00921. The summed E-state index contributed by atoms with van der Waals surface area (Å²) in [6.07, 6.45) is 1.59. The van der Waals surface area contributed by atoms with Gasteiger partial charge < -0.3 is 4.74 Å².